The van der Waals surface area contributed by atoms with E-state index in [0.29, 0.717) is 22.8 Å². The highest BCUT2D eigenvalue weighted by atomic mass is 16.5. The lowest BCUT2D eigenvalue weighted by atomic mass is 10.1. The van der Waals surface area contributed by atoms with Crippen LogP contribution in [0.2, 0.25) is 0 Å². The minimum absolute atomic E-state index is 0.0436. The van der Waals surface area contributed by atoms with E-state index in [1.165, 1.54) is 0 Å². The summed E-state index contributed by atoms with van der Waals surface area (Å²) in [6.07, 6.45) is -0.926. The maximum Gasteiger partial charge on any atom is 0.254 e. The number of nitrogens with one attached hydrogen (secondary N) is 2. The highest BCUT2D eigenvalue weighted by Gasteiger charge is 2.13. The second-order valence-corrected chi connectivity index (χ2v) is 5.47. The number of nitrogens with zero attached hydrogens (tertiary/aromatic N) is 1. The number of carbonyl (C=O) groups is 1. The molecule has 24 heavy (non-hydrogen) atoms. The molecule has 3 N–H and O–H groups in total. The summed E-state index contributed by atoms with van der Waals surface area (Å²) in [5, 5.41) is 12.4. The smallest absolute Gasteiger partial charge is 0.254 e. The fourth-order valence-electron chi connectivity index (χ4n) is 2.18. The molecule has 0 aliphatic rings. The van der Waals surface area contributed by atoms with Crippen molar-refractivity contribution in [2.75, 3.05) is 13.2 Å². The fraction of sp³-hybridized carbons (Fsp3) is 0.353. The summed E-state index contributed by atoms with van der Waals surface area (Å²) in [6, 6.07) is 9.10. The third-order valence-electron chi connectivity index (χ3n) is 3.40. The van der Waals surface area contributed by atoms with Gasteiger partial charge in [-0.3, -0.25) is 9.59 Å². The van der Waals surface area contributed by atoms with Gasteiger partial charge in [-0.1, -0.05) is 18.2 Å². The van der Waals surface area contributed by atoms with Gasteiger partial charge in [0.25, 0.3) is 5.56 Å². The molecule has 0 unspecified atom stereocenters. The van der Waals surface area contributed by atoms with Crippen molar-refractivity contribution in [3.05, 3.63) is 57.8 Å². The van der Waals surface area contributed by atoms with E-state index in [0.717, 1.165) is 0 Å². The summed E-state index contributed by atoms with van der Waals surface area (Å²) >= 11 is 0. The lowest BCUT2D eigenvalue weighted by Gasteiger charge is -2.13. The fourth-order valence-corrected chi connectivity index (χ4v) is 2.18. The highest BCUT2D eigenvalue weighted by molar-refractivity contribution is 5.78. The van der Waals surface area contributed by atoms with Crippen molar-refractivity contribution in [1.29, 1.82) is 0 Å². The number of amides is 1. The van der Waals surface area contributed by atoms with E-state index in [2.05, 4.69) is 15.3 Å². The van der Waals surface area contributed by atoms with Crippen molar-refractivity contribution in [2.45, 2.75) is 26.4 Å². The van der Waals surface area contributed by atoms with Crippen molar-refractivity contribution >= 4 is 5.91 Å². The SMILES string of the molecule is Cc1nc(C)c(CC(=O)NC[C@H](O)COc2ccccc2)c(=O)[nH]1. The molecule has 2 aromatic rings. The van der Waals surface area contributed by atoms with Gasteiger partial charge in [0.2, 0.25) is 5.91 Å². The number of ether oxygens (including phenoxy) is 1. The number of hydrogen-bond donors (Lipinski definition) is 3. The van der Waals surface area contributed by atoms with Gasteiger partial charge in [0, 0.05) is 17.8 Å². The molecule has 1 aromatic heterocycles. The minimum atomic E-state index is -0.843. The van der Waals surface area contributed by atoms with Gasteiger partial charge >= 0.3 is 0 Å². The first kappa shape index (κ1) is 17.7. The first-order valence-electron chi connectivity index (χ1n) is 7.64. The van der Waals surface area contributed by atoms with Crippen molar-refractivity contribution in [2.24, 2.45) is 0 Å². The monoisotopic (exact) mass is 331 g/mol. The Labute approximate surface area is 139 Å². The Morgan fingerprint density at radius 1 is 1.33 bits per heavy atom. The van der Waals surface area contributed by atoms with Crippen LogP contribution in [0.15, 0.2) is 35.1 Å². The molecule has 2 rings (SSSR count). The first-order chi connectivity index (χ1) is 11.5. The molecule has 0 spiro atoms. The van der Waals surface area contributed by atoms with Crippen molar-refractivity contribution in [1.82, 2.24) is 15.3 Å². The second-order valence-electron chi connectivity index (χ2n) is 5.47. The second kappa shape index (κ2) is 8.26. The molecule has 128 valence electrons. The van der Waals surface area contributed by atoms with Gasteiger partial charge in [0.1, 0.15) is 24.3 Å². The summed E-state index contributed by atoms with van der Waals surface area (Å²) in [7, 11) is 0. The van der Waals surface area contributed by atoms with Gasteiger partial charge in [-0.05, 0) is 26.0 Å². The molecule has 0 aliphatic carbocycles. The molecule has 0 saturated heterocycles. The van der Waals surface area contributed by atoms with E-state index in [1.54, 1.807) is 26.0 Å². The Balaban J connectivity index is 1.80. The van der Waals surface area contributed by atoms with Crippen LogP contribution in [-0.4, -0.2) is 40.2 Å². The van der Waals surface area contributed by atoms with Crippen LogP contribution in [0.4, 0.5) is 0 Å². The number of carbonyl (C=O) groups excluding carboxylic acids is 1. The molecule has 1 amide bonds. The molecule has 7 nitrogen and oxygen atoms in total. The predicted molar refractivity (Wildman–Crippen MR) is 89.0 cm³/mol. The van der Waals surface area contributed by atoms with Crippen molar-refractivity contribution < 1.29 is 14.6 Å². The van der Waals surface area contributed by atoms with Crippen LogP contribution in [0.5, 0.6) is 5.75 Å². The summed E-state index contributed by atoms with van der Waals surface area (Å²) < 4.78 is 5.40. The molecule has 1 aromatic carbocycles. The van der Waals surface area contributed by atoms with Gasteiger partial charge in [-0.25, -0.2) is 4.98 Å². The minimum Gasteiger partial charge on any atom is -0.491 e. The topological polar surface area (TPSA) is 104 Å². The predicted octanol–water partition coefficient (Wildman–Crippen LogP) is 0.485. The quantitative estimate of drug-likeness (QED) is 0.685. The maximum atomic E-state index is 11.9. The van der Waals surface area contributed by atoms with Crippen LogP contribution in [0, 0.1) is 13.8 Å². The highest BCUT2D eigenvalue weighted by Crippen LogP contribution is 2.08. The van der Waals surface area contributed by atoms with Gasteiger partial charge in [0.15, 0.2) is 0 Å². The lowest BCUT2D eigenvalue weighted by Crippen LogP contribution is -2.37. The summed E-state index contributed by atoms with van der Waals surface area (Å²) in [4.78, 5) is 30.5. The first-order valence-corrected chi connectivity index (χ1v) is 7.64. The Morgan fingerprint density at radius 2 is 2.04 bits per heavy atom. The number of hydrogen-bond acceptors (Lipinski definition) is 5. The molecule has 0 bridgehead atoms. The molecular formula is C17H21N3O4. The standard InChI is InChI=1S/C17H21N3O4/c1-11-15(17(23)20-12(2)19-11)8-16(22)18-9-13(21)10-24-14-6-4-3-5-7-14/h3-7,13,21H,8-10H2,1-2H3,(H,18,22)(H,19,20,23)/t13-/m0/s1. The third kappa shape index (κ3) is 5.20. The molecule has 1 heterocycles. The van der Waals surface area contributed by atoms with Gasteiger partial charge in [-0.15, -0.1) is 0 Å². The van der Waals surface area contributed by atoms with Crippen LogP contribution in [0.3, 0.4) is 0 Å². The van der Waals surface area contributed by atoms with Gasteiger partial charge in [0.05, 0.1) is 6.42 Å². The Bertz CT molecular complexity index is 743. The van der Waals surface area contributed by atoms with E-state index in [-0.39, 0.29) is 31.0 Å². The zero-order chi connectivity index (χ0) is 17.5. The third-order valence-corrected chi connectivity index (χ3v) is 3.40. The van der Waals surface area contributed by atoms with Crippen molar-refractivity contribution in [3.63, 3.8) is 0 Å². The number of aromatic nitrogens is 2. The van der Waals surface area contributed by atoms with E-state index in [9.17, 15) is 14.7 Å². The van der Waals surface area contributed by atoms with E-state index >= 15 is 0 Å². The van der Waals surface area contributed by atoms with Crippen molar-refractivity contribution in [3.8, 4) is 5.75 Å². The number of aliphatic hydroxyl groups is 1. The maximum absolute atomic E-state index is 11.9. The molecule has 1 atom stereocenters. The average Bonchev–Trinajstić information content (AvgIpc) is 2.55. The number of aryl methyl sites for hydroxylation is 2. The van der Waals surface area contributed by atoms with E-state index in [1.807, 2.05) is 18.2 Å². The molecule has 0 fully saturated rings. The Morgan fingerprint density at radius 3 is 2.71 bits per heavy atom. The number of benzene rings is 1. The molecule has 0 saturated carbocycles. The number of aliphatic hydroxyl groups excluding tert-OH is 1. The van der Waals surface area contributed by atoms with Crippen LogP contribution >= 0.6 is 0 Å². The lowest BCUT2D eigenvalue weighted by molar-refractivity contribution is -0.121. The summed E-state index contributed by atoms with van der Waals surface area (Å²) in [5.41, 5.74) is 0.538. The molecule has 0 aliphatic heterocycles. The average molecular weight is 331 g/mol. The molecule has 0 radical (unpaired) electrons. The Kier molecular flexibility index (Phi) is 6.08. The van der Waals surface area contributed by atoms with E-state index < -0.39 is 6.10 Å². The Hall–Kier alpha value is -2.67. The van der Waals surface area contributed by atoms with Crippen LogP contribution < -0.4 is 15.6 Å². The molecular weight excluding hydrogens is 310 g/mol. The van der Waals surface area contributed by atoms with E-state index in [4.69, 9.17) is 4.74 Å². The van der Waals surface area contributed by atoms with Crippen LogP contribution in [0.1, 0.15) is 17.1 Å². The number of aromatic amines is 1. The van der Waals surface area contributed by atoms with Crippen LogP contribution in [-0.2, 0) is 11.2 Å². The summed E-state index contributed by atoms with van der Waals surface area (Å²) in [6.45, 7) is 3.48. The largest absolute Gasteiger partial charge is 0.491 e. The number of rotatable bonds is 7. The normalized spacial score (nSPS) is 11.8. The zero-order valence-electron chi connectivity index (χ0n) is 13.7. The van der Waals surface area contributed by atoms with Gasteiger partial charge in [-0.2, -0.15) is 0 Å². The van der Waals surface area contributed by atoms with Gasteiger partial charge < -0.3 is 20.1 Å². The zero-order valence-corrected chi connectivity index (χ0v) is 13.7. The number of H-pyrrole nitrogens is 1. The summed E-state index contributed by atoms with van der Waals surface area (Å²) in [5.74, 6) is 0.805. The van der Waals surface area contributed by atoms with Crippen LogP contribution in [0.25, 0.3) is 0 Å². The molecule has 7 heteroatoms. The number of para-hydroxylation sites is 1.